The van der Waals surface area contributed by atoms with Crippen LogP contribution in [0.2, 0.25) is 0 Å². The van der Waals surface area contributed by atoms with Crippen LogP contribution in [0.3, 0.4) is 0 Å². The van der Waals surface area contributed by atoms with E-state index in [-0.39, 0.29) is 5.82 Å². The van der Waals surface area contributed by atoms with Gasteiger partial charge in [0.2, 0.25) is 0 Å². The Balaban J connectivity index is 1.90. The zero-order valence-corrected chi connectivity index (χ0v) is 15.7. The van der Waals surface area contributed by atoms with E-state index in [1.165, 1.54) is 37.7 Å². The van der Waals surface area contributed by atoms with E-state index in [0.717, 1.165) is 30.4 Å². The summed E-state index contributed by atoms with van der Waals surface area (Å²) in [6, 6.07) is 13.7. The van der Waals surface area contributed by atoms with E-state index < -0.39 is 0 Å². The van der Waals surface area contributed by atoms with E-state index in [1.807, 2.05) is 6.07 Å². The highest BCUT2D eigenvalue weighted by Gasteiger charge is 2.06. The summed E-state index contributed by atoms with van der Waals surface area (Å²) in [6.45, 7) is 4.99. The first-order valence-corrected chi connectivity index (χ1v) is 9.76. The molecule has 0 radical (unpaired) electrons. The van der Waals surface area contributed by atoms with Crippen molar-refractivity contribution in [3.05, 3.63) is 53.8 Å². The normalized spacial score (nSPS) is 10.8. The number of halogens is 1. The first-order chi connectivity index (χ1) is 12.2. The van der Waals surface area contributed by atoms with Crippen LogP contribution in [0.4, 0.5) is 4.39 Å². The maximum atomic E-state index is 14.3. The van der Waals surface area contributed by atoms with Crippen LogP contribution in [0.1, 0.15) is 64.4 Å². The van der Waals surface area contributed by atoms with Gasteiger partial charge in [0.25, 0.3) is 0 Å². The van der Waals surface area contributed by atoms with Crippen molar-refractivity contribution < 1.29 is 9.13 Å². The van der Waals surface area contributed by atoms with E-state index in [4.69, 9.17) is 4.74 Å². The van der Waals surface area contributed by atoms with E-state index in [9.17, 15) is 4.39 Å². The number of rotatable bonds is 11. The molecular weight excluding hydrogens is 311 g/mol. The van der Waals surface area contributed by atoms with Gasteiger partial charge in [-0.15, -0.1) is 0 Å². The molecule has 0 saturated heterocycles. The Morgan fingerprint density at radius 3 is 2.12 bits per heavy atom. The van der Waals surface area contributed by atoms with Crippen LogP contribution >= 0.6 is 0 Å². The fourth-order valence-corrected chi connectivity index (χ4v) is 2.93. The molecule has 0 amide bonds. The highest BCUT2D eigenvalue weighted by molar-refractivity contribution is 5.64. The van der Waals surface area contributed by atoms with Crippen molar-refractivity contribution in [3.8, 4) is 16.9 Å². The summed E-state index contributed by atoms with van der Waals surface area (Å²) in [6.07, 6.45) is 9.38. The van der Waals surface area contributed by atoms with Crippen LogP contribution < -0.4 is 4.74 Å². The molecule has 0 aromatic heterocycles. The molecule has 0 aliphatic carbocycles. The number of aryl methyl sites for hydroxylation is 1. The minimum absolute atomic E-state index is 0.277. The summed E-state index contributed by atoms with van der Waals surface area (Å²) >= 11 is 0. The molecule has 0 spiro atoms. The Labute approximate surface area is 152 Å². The Morgan fingerprint density at radius 2 is 1.44 bits per heavy atom. The third-order valence-corrected chi connectivity index (χ3v) is 4.54. The van der Waals surface area contributed by atoms with Gasteiger partial charge in [-0.25, -0.2) is 4.39 Å². The van der Waals surface area contributed by atoms with Gasteiger partial charge in [-0.1, -0.05) is 76.3 Å². The molecular formula is C23H31FO. The van der Waals surface area contributed by atoms with Crippen LogP contribution in [-0.2, 0) is 6.42 Å². The second-order valence-corrected chi connectivity index (χ2v) is 6.71. The largest absolute Gasteiger partial charge is 0.491 e. The summed E-state index contributed by atoms with van der Waals surface area (Å²) in [5, 5.41) is 0. The molecule has 0 atom stereocenters. The molecule has 0 saturated carbocycles. The average Bonchev–Trinajstić information content (AvgIpc) is 2.64. The topological polar surface area (TPSA) is 9.23 Å². The predicted octanol–water partition coefficient (Wildman–Crippen LogP) is 7.18. The van der Waals surface area contributed by atoms with Gasteiger partial charge in [0.05, 0.1) is 6.61 Å². The fourth-order valence-electron chi connectivity index (χ4n) is 2.93. The zero-order chi connectivity index (χ0) is 17.9. The molecule has 0 aliphatic rings. The molecule has 0 fully saturated rings. The first-order valence-electron chi connectivity index (χ1n) is 9.76. The first kappa shape index (κ1) is 19.5. The number of hydrogen-bond acceptors (Lipinski definition) is 1. The third kappa shape index (κ3) is 6.53. The second kappa shape index (κ2) is 10.9. The molecule has 0 aliphatic heterocycles. The van der Waals surface area contributed by atoms with Crippen molar-refractivity contribution in [1.82, 2.24) is 0 Å². The zero-order valence-electron chi connectivity index (χ0n) is 15.7. The maximum Gasteiger partial charge on any atom is 0.165 e. The lowest BCUT2D eigenvalue weighted by Crippen LogP contribution is -1.99. The minimum Gasteiger partial charge on any atom is -0.491 e. The van der Waals surface area contributed by atoms with Crippen LogP contribution in [0, 0.1) is 5.82 Å². The third-order valence-electron chi connectivity index (χ3n) is 4.54. The molecule has 2 aromatic carbocycles. The number of ether oxygens (including phenoxy) is 1. The highest BCUT2D eigenvalue weighted by atomic mass is 19.1. The quantitative estimate of drug-likeness (QED) is 0.393. The fraction of sp³-hybridized carbons (Fsp3) is 0.478. The summed E-state index contributed by atoms with van der Waals surface area (Å²) in [5.74, 6) is 0.0833. The minimum atomic E-state index is -0.277. The number of unbranched alkanes of at least 4 members (excludes halogenated alkanes) is 5. The standard InChI is InChI=1S/C23H31FO/c1-3-5-7-8-9-17-25-23-16-15-21(18-22(23)24)20-13-11-19(12-14-20)10-6-4-2/h11-16,18H,3-10,17H2,1-2H3. The van der Waals surface area contributed by atoms with Crippen molar-refractivity contribution in [2.75, 3.05) is 6.61 Å². The number of benzene rings is 2. The van der Waals surface area contributed by atoms with E-state index >= 15 is 0 Å². The molecule has 2 rings (SSSR count). The van der Waals surface area contributed by atoms with Gasteiger partial charge in [-0.05, 0) is 48.1 Å². The lowest BCUT2D eigenvalue weighted by molar-refractivity contribution is 0.290. The van der Waals surface area contributed by atoms with Crippen molar-refractivity contribution in [2.24, 2.45) is 0 Å². The van der Waals surface area contributed by atoms with Crippen LogP contribution in [0.15, 0.2) is 42.5 Å². The Hall–Kier alpha value is -1.83. The maximum absolute atomic E-state index is 14.3. The van der Waals surface area contributed by atoms with Crippen LogP contribution in [0.25, 0.3) is 11.1 Å². The van der Waals surface area contributed by atoms with Crippen LogP contribution in [-0.4, -0.2) is 6.61 Å². The van der Waals surface area contributed by atoms with Gasteiger partial charge in [0.15, 0.2) is 11.6 Å². The highest BCUT2D eigenvalue weighted by Crippen LogP contribution is 2.26. The summed E-state index contributed by atoms with van der Waals surface area (Å²) < 4.78 is 19.9. The SMILES string of the molecule is CCCCCCCOc1ccc(-c2ccc(CCCC)cc2)cc1F. The molecule has 136 valence electrons. The predicted molar refractivity (Wildman–Crippen MR) is 105 cm³/mol. The van der Waals surface area contributed by atoms with Gasteiger partial charge < -0.3 is 4.74 Å². The van der Waals surface area contributed by atoms with Crippen molar-refractivity contribution in [1.29, 1.82) is 0 Å². The van der Waals surface area contributed by atoms with E-state index in [1.54, 1.807) is 12.1 Å². The van der Waals surface area contributed by atoms with E-state index in [2.05, 4.69) is 38.1 Å². The molecule has 2 aromatic rings. The van der Waals surface area contributed by atoms with Crippen LogP contribution in [0.5, 0.6) is 5.75 Å². The molecule has 25 heavy (non-hydrogen) atoms. The Bertz CT molecular complexity index is 618. The number of hydrogen-bond donors (Lipinski definition) is 0. The van der Waals surface area contributed by atoms with Crippen molar-refractivity contribution >= 4 is 0 Å². The lowest BCUT2D eigenvalue weighted by Gasteiger charge is -2.09. The monoisotopic (exact) mass is 342 g/mol. The molecule has 1 nitrogen and oxygen atoms in total. The summed E-state index contributed by atoms with van der Waals surface area (Å²) in [4.78, 5) is 0. The summed E-state index contributed by atoms with van der Waals surface area (Å²) in [5.41, 5.74) is 3.29. The molecule has 2 heteroatoms. The Kier molecular flexibility index (Phi) is 8.51. The Morgan fingerprint density at radius 1 is 0.760 bits per heavy atom. The molecule has 0 unspecified atom stereocenters. The van der Waals surface area contributed by atoms with Crippen molar-refractivity contribution in [3.63, 3.8) is 0 Å². The van der Waals surface area contributed by atoms with Gasteiger partial charge >= 0.3 is 0 Å². The van der Waals surface area contributed by atoms with Gasteiger partial charge in [-0.2, -0.15) is 0 Å². The second-order valence-electron chi connectivity index (χ2n) is 6.71. The van der Waals surface area contributed by atoms with Crippen molar-refractivity contribution in [2.45, 2.75) is 65.2 Å². The lowest BCUT2D eigenvalue weighted by atomic mass is 10.0. The van der Waals surface area contributed by atoms with Gasteiger partial charge in [0, 0.05) is 0 Å². The van der Waals surface area contributed by atoms with Gasteiger partial charge in [0.1, 0.15) is 0 Å². The molecule has 0 heterocycles. The summed E-state index contributed by atoms with van der Waals surface area (Å²) in [7, 11) is 0. The molecule has 0 N–H and O–H groups in total. The van der Waals surface area contributed by atoms with Gasteiger partial charge in [-0.3, -0.25) is 0 Å². The average molecular weight is 342 g/mol. The van der Waals surface area contributed by atoms with E-state index in [0.29, 0.717) is 12.4 Å². The smallest absolute Gasteiger partial charge is 0.165 e. The molecule has 0 bridgehead atoms.